The van der Waals surface area contributed by atoms with Crippen molar-refractivity contribution in [2.75, 3.05) is 19.7 Å². The van der Waals surface area contributed by atoms with Crippen LogP contribution in [0.5, 0.6) is 5.75 Å². The third kappa shape index (κ3) is 3.74. The highest BCUT2D eigenvalue weighted by molar-refractivity contribution is 5.79. The molecule has 114 valence electrons. The molecule has 0 bridgehead atoms. The molecule has 2 rings (SSSR count). The molecule has 1 aromatic carbocycles. The second-order valence-electron chi connectivity index (χ2n) is 5.54. The van der Waals surface area contributed by atoms with Crippen LogP contribution in [0, 0.1) is 19.8 Å². The van der Waals surface area contributed by atoms with E-state index >= 15 is 0 Å². The molecular formula is C16H22N2O3. The monoisotopic (exact) mass is 290 g/mol. The maximum Gasteiger partial charge on any atom is 0.260 e. The molecule has 0 aliphatic carbocycles. The summed E-state index contributed by atoms with van der Waals surface area (Å²) in [4.78, 5) is 25.0. The summed E-state index contributed by atoms with van der Waals surface area (Å²) in [7, 11) is 0. The van der Waals surface area contributed by atoms with Gasteiger partial charge in [0.2, 0.25) is 5.91 Å². The molecule has 0 radical (unpaired) electrons. The fourth-order valence-corrected chi connectivity index (χ4v) is 2.52. The first-order valence-corrected chi connectivity index (χ1v) is 7.25. The first-order valence-electron chi connectivity index (χ1n) is 7.25. The van der Waals surface area contributed by atoms with Crippen molar-refractivity contribution in [1.29, 1.82) is 0 Å². The van der Waals surface area contributed by atoms with Crippen molar-refractivity contribution in [3.63, 3.8) is 0 Å². The molecule has 0 unspecified atom stereocenters. The summed E-state index contributed by atoms with van der Waals surface area (Å²) >= 11 is 0. The number of ether oxygens (including phenoxy) is 1. The van der Waals surface area contributed by atoms with Crippen LogP contribution in [0.4, 0.5) is 0 Å². The topological polar surface area (TPSA) is 72.6 Å². The van der Waals surface area contributed by atoms with Crippen molar-refractivity contribution in [3.05, 3.63) is 29.3 Å². The van der Waals surface area contributed by atoms with Gasteiger partial charge in [-0.25, -0.2) is 0 Å². The van der Waals surface area contributed by atoms with Gasteiger partial charge >= 0.3 is 0 Å². The summed E-state index contributed by atoms with van der Waals surface area (Å²) in [6.45, 7) is 5.17. The van der Waals surface area contributed by atoms with Gasteiger partial charge in [0.1, 0.15) is 5.75 Å². The normalized spacial score (nSPS) is 15.8. The number of hydrogen-bond acceptors (Lipinski definition) is 3. The number of carbonyl (C=O) groups is 2. The van der Waals surface area contributed by atoms with E-state index in [1.807, 2.05) is 32.0 Å². The van der Waals surface area contributed by atoms with E-state index in [2.05, 4.69) is 0 Å². The average Bonchev–Trinajstić information content (AvgIpc) is 2.48. The van der Waals surface area contributed by atoms with Crippen LogP contribution < -0.4 is 10.5 Å². The van der Waals surface area contributed by atoms with Crippen LogP contribution in [-0.2, 0) is 9.59 Å². The standard InChI is InChI=1S/C16H22N2O3/c1-11-4-3-5-14(12(11)2)21-10-15(19)18-8-6-13(7-9-18)16(17)20/h3-5,13H,6-10H2,1-2H3,(H2,17,20). The predicted molar refractivity (Wildman–Crippen MR) is 79.9 cm³/mol. The number of aryl methyl sites for hydroxylation is 1. The number of primary amides is 1. The van der Waals surface area contributed by atoms with Gasteiger partial charge in [0.15, 0.2) is 6.61 Å². The lowest BCUT2D eigenvalue weighted by Crippen LogP contribution is -2.43. The smallest absolute Gasteiger partial charge is 0.260 e. The molecule has 21 heavy (non-hydrogen) atoms. The second kappa shape index (κ2) is 6.61. The Hall–Kier alpha value is -2.04. The molecule has 0 atom stereocenters. The summed E-state index contributed by atoms with van der Waals surface area (Å²) in [6.07, 6.45) is 1.29. The zero-order valence-electron chi connectivity index (χ0n) is 12.6. The van der Waals surface area contributed by atoms with Crippen LogP contribution in [0.3, 0.4) is 0 Å². The lowest BCUT2D eigenvalue weighted by atomic mass is 9.96. The van der Waals surface area contributed by atoms with Gasteiger partial charge < -0.3 is 15.4 Å². The quantitative estimate of drug-likeness (QED) is 0.911. The Morgan fingerprint density at radius 1 is 1.29 bits per heavy atom. The van der Waals surface area contributed by atoms with E-state index in [0.717, 1.165) is 16.9 Å². The Labute approximate surface area is 125 Å². The van der Waals surface area contributed by atoms with Gasteiger partial charge in [-0.3, -0.25) is 9.59 Å². The largest absolute Gasteiger partial charge is 0.483 e. The van der Waals surface area contributed by atoms with E-state index in [-0.39, 0.29) is 24.3 Å². The van der Waals surface area contributed by atoms with Crippen LogP contribution in [-0.4, -0.2) is 36.4 Å². The molecule has 5 nitrogen and oxygen atoms in total. The lowest BCUT2D eigenvalue weighted by molar-refractivity contribution is -0.136. The van der Waals surface area contributed by atoms with E-state index in [1.165, 1.54) is 0 Å². The average molecular weight is 290 g/mol. The summed E-state index contributed by atoms with van der Waals surface area (Å²) in [6, 6.07) is 5.80. The van der Waals surface area contributed by atoms with E-state index in [1.54, 1.807) is 4.90 Å². The van der Waals surface area contributed by atoms with Crippen LogP contribution in [0.25, 0.3) is 0 Å². The molecule has 1 aliphatic heterocycles. The highest BCUT2D eigenvalue weighted by Crippen LogP contribution is 2.21. The number of piperidine rings is 1. The zero-order valence-corrected chi connectivity index (χ0v) is 12.6. The van der Waals surface area contributed by atoms with Gasteiger partial charge in [-0.2, -0.15) is 0 Å². The fraction of sp³-hybridized carbons (Fsp3) is 0.500. The van der Waals surface area contributed by atoms with Gasteiger partial charge in [-0.05, 0) is 43.9 Å². The van der Waals surface area contributed by atoms with Crippen molar-refractivity contribution in [2.45, 2.75) is 26.7 Å². The van der Waals surface area contributed by atoms with Crippen LogP contribution in [0.2, 0.25) is 0 Å². The van der Waals surface area contributed by atoms with E-state index in [4.69, 9.17) is 10.5 Å². The Morgan fingerprint density at radius 3 is 2.57 bits per heavy atom. The van der Waals surface area contributed by atoms with Gasteiger partial charge in [0, 0.05) is 19.0 Å². The van der Waals surface area contributed by atoms with Crippen molar-refractivity contribution in [3.8, 4) is 5.75 Å². The second-order valence-corrected chi connectivity index (χ2v) is 5.54. The summed E-state index contributed by atoms with van der Waals surface area (Å²) in [5.74, 6) is 0.330. The van der Waals surface area contributed by atoms with Gasteiger partial charge in [-0.1, -0.05) is 12.1 Å². The number of likely N-dealkylation sites (tertiary alicyclic amines) is 1. The van der Waals surface area contributed by atoms with Gasteiger partial charge in [-0.15, -0.1) is 0 Å². The van der Waals surface area contributed by atoms with Crippen molar-refractivity contribution in [2.24, 2.45) is 11.7 Å². The molecule has 0 aromatic heterocycles. The maximum atomic E-state index is 12.1. The molecule has 1 saturated heterocycles. The fourth-order valence-electron chi connectivity index (χ4n) is 2.52. The summed E-state index contributed by atoms with van der Waals surface area (Å²) in [5.41, 5.74) is 7.48. The number of benzene rings is 1. The molecule has 0 spiro atoms. The number of nitrogens with two attached hydrogens (primary N) is 1. The number of hydrogen-bond donors (Lipinski definition) is 1. The lowest BCUT2D eigenvalue weighted by Gasteiger charge is -2.30. The molecule has 0 saturated carbocycles. The van der Waals surface area contributed by atoms with Crippen molar-refractivity contribution in [1.82, 2.24) is 4.90 Å². The van der Waals surface area contributed by atoms with Crippen LogP contribution in [0.15, 0.2) is 18.2 Å². The van der Waals surface area contributed by atoms with Crippen molar-refractivity contribution < 1.29 is 14.3 Å². The number of amides is 2. The molecule has 2 amide bonds. The highest BCUT2D eigenvalue weighted by atomic mass is 16.5. The Balaban J connectivity index is 1.85. The number of carbonyl (C=O) groups excluding carboxylic acids is 2. The molecule has 2 N–H and O–H groups in total. The molecule has 1 heterocycles. The van der Waals surface area contributed by atoms with Gasteiger partial charge in [0.25, 0.3) is 5.91 Å². The van der Waals surface area contributed by atoms with Crippen molar-refractivity contribution >= 4 is 11.8 Å². The predicted octanol–water partition coefficient (Wildman–Crippen LogP) is 1.41. The summed E-state index contributed by atoms with van der Waals surface area (Å²) in [5, 5.41) is 0. The Morgan fingerprint density at radius 2 is 1.95 bits per heavy atom. The highest BCUT2D eigenvalue weighted by Gasteiger charge is 2.25. The first-order chi connectivity index (χ1) is 9.99. The van der Waals surface area contributed by atoms with Crippen LogP contribution in [0.1, 0.15) is 24.0 Å². The minimum absolute atomic E-state index is 0.0333. The minimum atomic E-state index is -0.270. The Kier molecular flexibility index (Phi) is 4.83. The van der Waals surface area contributed by atoms with Crippen LogP contribution >= 0.6 is 0 Å². The SMILES string of the molecule is Cc1cccc(OCC(=O)N2CCC(C(N)=O)CC2)c1C. The first kappa shape index (κ1) is 15.4. The Bertz CT molecular complexity index is 534. The van der Waals surface area contributed by atoms with E-state index in [0.29, 0.717) is 25.9 Å². The molecule has 1 fully saturated rings. The molecule has 1 aliphatic rings. The molecule has 5 heteroatoms. The van der Waals surface area contributed by atoms with Gasteiger partial charge in [0.05, 0.1) is 0 Å². The summed E-state index contributed by atoms with van der Waals surface area (Å²) < 4.78 is 5.62. The zero-order chi connectivity index (χ0) is 15.4. The molecule has 1 aromatic rings. The van der Waals surface area contributed by atoms with E-state index in [9.17, 15) is 9.59 Å². The third-order valence-electron chi connectivity index (χ3n) is 4.16. The molecular weight excluding hydrogens is 268 g/mol. The maximum absolute atomic E-state index is 12.1. The number of nitrogens with zero attached hydrogens (tertiary/aromatic N) is 1. The van der Waals surface area contributed by atoms with E-state index < -0.39 is 0 Å². The minimum Gasteiger partial charge on any atom is -0.483 e. The number of rotatable bonds is 4. The third-order valence-corrected chi connectivity index (χ3v) is 4.16.